The van der Waals surface area contributed by atoms with Crippen molar-refractivity contribution in [3.63, 3.8) is 0 Å². The minimum Gasteiger partial charge on any atom is -0.467 e. The number of hydrogen-bond donors (Lipinski definition) is 2. The number of ether oxygens (including phenoxy) is 1. The van der Waals surface area contributed by atoms with Crippen molar-refractivity contribution in [1.29, 1.82) is 0 Å². The number of aromatic nitrogens is 1. The van der Waals surface area contributed by atoms with E-state index in [0.29, 0.717) is 16.8 Å². The van der Waals surface area contributed by atoms with Crippen LogP contribution >= 0.6 is 0 Å². The first-order chi connectivity index (χ1) is 11.9. The van der Waals surface area contributed by atoms with Crippen LogP contribution in [0.1, 0.15) is 5.56 Å². The summed E-state index contributed by atoms with van der Waals surface area (Å²) in [6.45, 7) is 0. The SMILES string of the molecule is COC(=O)[C@H](O)Cc1c(-c2ccc(F)cc2)[nH]c2c(F)cc(F)cc12. The molecule has 0 aliphatic carbocycles. The van der Waals surface area contributed by atoms with Crippen LogP contribution in [-0.4, -0.2) is 29.3 Å². The number of H-pyrrole nitrogens is 1. The molecule has 25 heavy (non-hydrogen) atoms. The zero-order valence-electron chi connectivity index (χ0n) is 13.1. The van der Waals surface area contributed by atoms with E-state index < -0.39 is 29.5 Å². The summed E-state index contributed by atoms with van der Waals surface area (Å²) in [4.78, 5) is 14.4. The van der Waals surface area contributed by atoms with Gasteiger partial charge in [0.15, 0.2) is 6.10 Å². The van der Waals surface area contributed by atoms with Gasteiger partial charge in [-0.3, -0.25) is 0 Å². The number of carbonyl (C=O) groups is 1. The number of aliphatic hydroxyl groups is 1. The van der Waals surface area contributed by atoms with Gasteiger partial charge in [-0.25, -0.2) is 18.0 Å². The van der Waals surface area contributed by atoms with Crippen LogP contribution in [0.2, 0.25) is 0 Å². The van der Waals surface area contributed by atoms with Gasteiger partial charge in [0.25, 0.3) is 0 Å². The Morgan fingerprint density at radius 3 is 2.48 bits per heavy atom. The maximum absolute atomic E-state index is 14.1. The average molecular weight is 349 g/mol. The predicted octanol–water partition coefficient (Wildman–Crippen LogP) is 3.33. The van der Waals surface area contributed by atoms with Crippen molar-refractivity contribution in [2.45, 2.75) is 12.5 Å². The number of fused-ring (bicyclic) bond motifs is 1. The van der Waals surface area contributed by atoms with Gasteiger partial charge in [-0.05, 0) is 41.5 Å². The highest BCUT2D eigenvalue weighted by Gasteiger charge is 2.23. The van der Waals surface area contributed by atoms with Crippen molar-refractivity contribution in [2.75, 3.05) is 7.11 Å². The Hall–Kier alpha value is -2.80. The van der Waals surface area contributed by atoms with Crippen LogP contribution in [0, 0.1) is 17.5 Å². The molecule has 0 spiro atoms. The minimum absolute atomic E-state index is 0.0350. The third-order valence-electron chi connectivity index (χ3n) is 3.94. The van der Waals surface area contributed by atoms with Gasteiger partial charge in [-0.2, -0.15) is 0 Å². The first-order valence-corrected chi connectivity index (χ1v) is 7.42. The molecule has 1 atom stereocenters. The number of methoxy groups -OCH3 is 1. The summed E-state index contributed by atoms with van der Waals surface area (Å²) in [5.74, 6) is -2.91. The largest absolute Gasteiger partial charge is 0.467 e. The lowest BCUT2D eigenvalue weighted by molar-refractivity contribution is -0.150. The Morgan fingerprint density at radius 1 is 1.16 bits per heavy atom. The molecule has 0 fully saturated rings. The second-order valence-electron chi connectivity index (χ2n) is 5.54. The molecular weight excluding hydrogens is 335 g/mol. The number of carbonyl (C=O) groups excluding carboxylic acids is 1. The minimum atomic E-state index is -1.51. The van der Waals surface area contributed by atoms with Crippen molar-refractivity contribution in [3.8, 4) is 11.3 Å². The standard InChI is InChI=1S/C18H14F3NO3/c1-25-18(24)15(23)8-13-12-6-11(20)7-14(21)17(12)22-16(13)9-2-4-10(19)5-3-9/h2-7,15,22-23H,8H2,1H3/t15-/m1/s1. The van der Waals surface area contributed by atoms with Gasteiger partial charge in [0.2, 0.25) is 0 Å². The number of hydrogen-bond acceptors (Lipinski definition) is 3. The Labute approximate surface area is 140 Å². The Bertz CT molecular complexity index is 935. The van der Waals surface area contributed by atoms with E-state index in [1.54, 1.807) is 0 Å². The number of aliphatic hydroxyl groups excluding tert-OH is 1. The lowest BCUT2D eigenvalue weighted by Crippen LogP contribution is -2.24. The van der Waals surface area contributed by atoms with Gasteiger partial charge < -0.3 is 14.8 Å². The lowest BCUT2D eigenvalue weighted by atomic mass is 10.00. The first-order valence-electron chi connectivity index (χ1n) is 7.42. The second-order valence-corrected chi connectivity index (χ2v) is 5.54. The summed E-state index contributed by atoms with van der Waals surface area (Å²) < 4.78 is 45.4. The average Bonchev–Trinajstić information content (AvgIpc) is 2.93. The quantitative estimate of drug-likeness (QED) is 0.710. The van der Waals surface area contributed by atoms with Gasteiger partial charge >= 0.3 is 5.97 Å². The Kier molecular flexibility index (Phi) is 4.50. The normalized spacial score (nSPS) is 12.4. The van der Waals surface area contributed by atoms with Gasteiger partial charge in [-0.15, -0.1) is 0 Å². The van der Waals surface area contributed by atoms with Crippen molar-refractivity contribution >= 4 is 16.9 Å². The molecule has 0 saturated carbocycles. The van der Waals surface area contributed by atoms with Crippen LogP contribution in [0.15, 0.2) is 36.4 Å². The maximum atomic E-state index is 14.1. The number of esters is 1. The summed E-state index contributed by atoms with van der Waals surface area (Å²) in [5, 5.41) is 10.2. The number of benzene rings is 2. The van der Waals surface area contributed by atoms with E-state index in [-0.39, 0.29) is 17.3 Å². The van der Waals surface area contributed by atoms with E-state index in [1.165, 1.54) is 24.3 Å². The number of rotatable bonds is 4. The third kappa shape index (κ3) is 3.23. The van der Waals surface area contributed by atoms with Gasteiger partial charge in [0.05, 0.1) is 12.6 Å². The smallest absolute Gasteiger partial charge is 0.335 e. The molecule has 0 aliphatic heterocycles. The third-order valence-corrected chi connectivity index (χ3v) is 3.94. The van der Waals surface area contributed by atoms with E-state index in [9.17, 15) is 23.1 Å². The molecule has 0 amide bonds. The molecule has 0 radical (unpaired) electrons. The van der Waals surface area contributed by atoms with Crippen molar-refractivity contribution in [3.05, 3.63) is 59.4 Å². The molecular formula is C18H14F3NO3. The van der Waals surface area contributed by atoms with Gasteiger partial charge in [-0.1, -0.05) is 0 Å². The summed E-state index contributed by atoms with van der Waals surface area (Å²) in [5.41, 5.74) is 1.23. The number of nitrogens with one attached hydrogen (secondary N) is 1. The summed E-state index contributed by atoms with van der Waals surface area (Å²) in [6, 6.07) is 7.20. The predicted molar refractivity (Wildman–Crippen MR) is 85.3 cm³/mol. The topological polar surface area (TPSA) is 62.3 Å². The van der Waals surface area contributed by atoms with E-state index in [2.05, 4.69) is 9.72 Å². The van der Waals surface area contributed by atoms with Crippen LogP contribution in [0.25, 0.3) is 22.2 Å². The highest BCUT2D eigenvalue weighted by atomic mass is 19.1. The van der Waals surface area contributed by atoms with Crippen LogP contribution in [0.5, 0.6) is 0 Å². The first kappa shape index (κ1) is 17.0. The lowest BCUT2D eigenvalue weighted by Gasteiger charge is -2.10. The van der Waals surface area contributed by atoms with Crippen molar-refractivity contribution in [2.24, 2.45) is 0 Å². The maximum Gasteiger partial charge on any atom is 0.335 e. The van der Waals surface area contributed by atoms with Crippen LogP contribution in [0.3, 0.4) is 0 Å². The summed E-state index contributed by atoms with van der Waals surface area (Å²) in [7, 11) is 1.13. The zero-order chi connectivity index (χ0) is 18.1. The Balaban J connectivity index is 2.20. The van der Waals surface area contributed by atoms with Crippen LogP contribution < -0.4 is 0 Å². The fraction of sp³-hybridized carbons (Fsp3) is 0.167. The molecule has 1 aromatic heterocycles. The molecule has 0 bridgehead atoms. The van der Waals surface area contributed by atoms with Crippen molar-refractivity contribution in [1.82, 2.24) is 4.98 Å². The van der Waals surface area contributed by atoms with Gasteiger partial charge in [0, 0.05) is 23.6 Å². The fourth-order valence-corrected chi connectivity index (χ4v) is 2.76. The second kappa shape index (κ2) is 6.60. The van der Waals surface area contributed by atoms with Crippen LogP contribution in [0.4, 0.5) is 13.2 Å². The highest BCUT2D eigenvalue weighted by molar-refractivity contribution is 5.92. The fourth-order valence-electron chi connectivity index (χ4n) is 2.76. The molecule has 1 heterocycles. The molecule has 0 saturated heterocycles. The molecule has 4 nitrogen and oxygen atoms in total. The van der Waals surface area contributed by atoms with Crippen LogP contribution in [-0.2, 0) is 16.0 Å². The molecule has 2 N–H and O–H groups in total. The Morgan fingerprint density at radius 2 is 1.84 bits per heavy atom. The molecule has 130 valence electrons. The summed E-state index contributed by atoms with van der Waals surface area (Å²) in [6.07, 6.45) is -1.73. The van der Waals surface area contributed by atoms with Crippen molar-refractivity contribution < 1.29 is 27.8 Å². The molecule has 3 rings (SSSR count). The van der Waals surface area contributed by atoms with E-state index in [0.717, 1.165) is 19.2 Å². The molecule has 2 aromatic carbocycles. The molecule has 0 unspecified atom stereocenters. The number of aromatic amines is 1. The molecule has 0 aliphatic rings. The summed E-state index contributed by atoms with van der Waals surface area (Å²) >= 11 is 0. The highest BCUT2D eigenvalue weighted by Crippen LogP contribution is 2.33. The monoisotopic (exact) mass is 349 g/mol. The molecule has 3 aromatic rings. The van der Waals surface area contributed by atoms with E-state index >= 15 is 0 Å². The number of halogens is 3. The van der Waals surface area contributed by atoms with E-state index in [1.807, 2.05) is 0 Å². The van der Waals surface area contributed by atoms with E-state index in [4.69, 9.17) is 0 Å². The molecule has 7 heteroatoms. The zero-order valence-corrected chi connectivity index (χ0v) is 13.1. The van der Waals surface area contributed by atoms with Gasteiger partial charge in [0.1, 0.15) is 17.5 Å².